The minimum absolute atomic E-state index is 0.174. The summed E-state index contributed by atoms with van der Waals surface area (Å²) in [6.45, 7) is 4.19. The summed E-state index contributed by atoms with van der Waals surface area (Å²) >= 11 is 0. The van der Waals surface area contributed by atoms with Crippen LogP contribution >= 0.6 is 0 Å². The van der Waals surface area contributed by atoms with E-state index in [1.165, 1.54) is 63.5 Å². The highest BCUT2D eigenvalue weighted by Gasteiger charge is 2.28. The van der Waals surface area contributed by atoms with E-state index in [0.29, 0.717) is 11.8 Å². The molecule has 2 aliphatic carbocycles. The Morgan fingerprint density at radius 2 is 1.45 bits per heavy atom. The van der Waals surface area contributed by atoms with E-state index in [4.69, 9.17) is 9.47 Å². The van der Waals surface area contributed by atoms with Gasteiger partial charge in [-0.3, -0.25) is 4.79 Å². The molecule has 5 heteroatoms. The van der Waals surface area contributed by atoms with Crippen LogP contribution in [0, 0.1) is 35.3 Å². The molecule has 33 heavy (non-hydrogen) atoms. The fourth-order valence-corrected chi connectivity index (χ4v) is 5.27. The van der Waals surface area contributed by atoms with Gasteiger partial charge in [-0.25, -0.2) is 0 Å². The number of hydrogen-bond acceptors (Lipinski definition) is 3. The minimum Gasteiger partial charge on any atom is -0.491 e. The van der Waals surface area contributed by atoms with Gasteiger partial charge in [-0.1, -0.05) is 44.8 Å². The first-order valence-corrected chi connectivity index (χ1v) is 13.0. The number of esters is 1. The zero-order valence-electron chi connectivity index (χ0n) is 20.3. The lowest BCUT2D eigenvalue weighted by Gasteiger charge is -2.28. The maximum Gasteiger partial charge on any atom is 0.314 e. The molecule has 0 saturated heterocycles. The second-order valence-electron chi connectivity index (χ2n) is 9.82. The zero-order valence-corrected chi connectivity index (χ0v) is 20.3. The molecule has 0 heterocycles. The van der Waals surface area contributed by atoms with Gasteiger partial charge in [0.25, 0.3) is 0 Å². The topological polar surface area (TPSA) is 35.5 Å². The zero-order chi connectivity index (χ0) is 23.6. The first-order valence-electron chi connectivity index (χ1n) is 13.0. The first kappa shape index (κ1) is 25.7. The molecule has 3 nitrogen and oxygen atoms in total. The number of carbonyl (C=O) groups is 1. The Labute approximate surface area is 197 Å². The minimum atomic E-state index is -1.17. The van der Waals surface area contributed by atoms with Gasteiger partial charge in [0, 0.05) is 0 Å². The molecule has 2 aliphatic rings. The number of benzene rings is 1. The molecule has 2 saturated carbocycles. The molecular weight excluding hydrogens is 422 g/mol. The Hall–Kier alpha value is -1.91. The third-order valence-electron chi connectivity index (χ3n) is 7.39. The molecule has 0 atom stereocenters. The second-order valence-corrected chi connectivity index (χ2v) is 9.82. The molecule has 0 aromatic heterocycles. The number of rotatable bonds is 10. The summed E-state index contributed by atoms with van der Waals surface area (Å²) < 4.78 is 38.5. The maximum atomic E-state index is 14.2. The van der Waals surface area contributed by atoms with Crippen LogP contribution in [0.1, 0.15) is 90.9 Å². The first-order chi connectivity index (χ1) is 16.0. The van der Waals surface area contributed by atoms with Gasteiger partial charge in [0.2, 0.25) is 11.6 Å². The predicted molar refractivity (Wildman–Crippen MR) is 127 cm³/mol. The molecule has 184 valence electrons. The third-order valence-corrected chi connectivity index (χ3v) is 7.39. The second kappa shape index (κ2) is 13.1. The Morgan fingerprint density at radius 1 is 0.879 bits per heavy atom. The molecule has 0 N–H and O–H groups in total. The van der Waals surface area contributed by atoms with Crippen LogP contribution < -0.4 is 9.47 Å². The fraction of sp³-hybridized carbons (Fsp3) is 0.679. The number of halogens is 2. The molecule has 0 aliphatic heterocycles. The SMILES string of the molecule is CCCCCC1CCC(C=CC2CCC(C(=O)Oc3ccc(OCC)c(F)c3F)CC2)CC1. The molecule has 0 amide bonds. The Kier molecular flexibility index (Phi) is 10.2. The molecule has 0 spiro atoms. The fourth-order valence-electron chi connectivity index (χ4n) is 5.27. The number of carbonyl (C=O) groups excluding carboxylic acids is 1. The Bertz CT molecular complexity index is 776. The van der Waals surface area contributed by atoms with E-state index in [2.05, 4.69) is 19.1 Å². The van der Waals surface area contributed by atoms with Gasteiger partial charge in [-0.05, 0) is 88.2 Å². The van der Waals surface area contributed by atoms with Crippen LogP contribution in [-0.2, 0) is 4.79 Å². The normalized spacial score (nSPS) is 25.8. The van der Waals surface area contributed by atoms with Crippen molar-refractivity contribution in [3.8, 4) is 11.5 Å². The largest absolute Gasteiger partial charge is 0.491 e. The van der Waals surface area contributed by atoms with E-state index in [-0.39, 0.29) is 24.0 Å². The molecule has 1 aromatic carbocycles. The summed E-state index contributed by atoms with van der Waals surface area (Å²) in [5.41, 5.74) is 0. The van der Waals surface area contributed by atoms with Crippen molar-refractivity contribution >= 4 is 5.97 Å². The van der Waals surface area contributed by atoms with E-state index in [1.54, 1.807) is 6.92 Å². The molecule has 2 fully saturated rings. The van der Waals surface area contributed by atoms with Crippen molar-refractivity contribution in [1.29, 1.82) is 0 Å². The molecular formula is C28H40F2O3. The lowest BCUT2D eigenvalue weighted by molar-refractivity contribution is -0.140. The highest BCUT2D eigenvalue weighted by atomic mass is 19.2. The molecule has 1 aromatic rings. The van der Waals surface area contributed by atoms with Crippen LogP contribution in [0.2, 0.25) is 0 Å². The van der Waals surface area contributed by atoms with Crippen molar-refractivity contribution in [2.24, 2.45) is 23.7 Å². The van der Waals surface area contributed by atoms with Crippen LogP contribution in [0.4, 0.5) is 8.78 Å². The lowest BCUT2D eigenvalue weighted by Crippen LogP contribution is -2.25. The number of allylic oxidation sites excluding steroid dienone is 2. The smallest absolute Gasteiger partial charge is 0.314 e. The maximum absolute atomic E-state index is 14.2. The van der Waals surface area contributed by atoms with E-state index in [0.717, 1.165) is 31.6 Å². The van der Waals surface area contributed by atoms with Crippen molar-refractivity contribution in [2.75, 3.05) is 6.61 Å². The molecule has 3 rings (SSSR count). The summed E-state index contributed by atoms with van der Waals surface area (Å²) in [7, 11) is 0. The van der Waals surface area contributed by atoms with Crippen LogP contribution in [0.15, 0.2) is 24.3 Å². The standard InChI is InChI=1S/C28H40F2O3/c1-3-5-6-7-20-8-10-21(11-9-20)12-13-22-14-16-23(17-15-22)28(31)33-25-19-18-24(32-4-2)26(29)27(25)30/h12-13,18-23H,3-11,14-17H2,1-2H3. The number of hydrogen-bond donors (Lipinski definition) is 0. The number of ether oxygens (including phenoxy) is 2. The van der Waals surface area contributed by atoms with Crippen LogP contribution in [0.3, 0.4) is 0 Å². The third kappa shape index (κ3) is 7.55. The Balaban J connectivity index is 1.40. The van der Waals surface area contributed by atoms with Gasteiger partial charge in [-0.2, -0.15) is 8.78 Å². The van der Waals surface area contributed by atoms with Crippen molar-refractivity contribution in [2.45, 2.75) is 90.9 Å². The monoisotopic (exact) mass is 462 g/mol. The average Bonchev–Trinajstić information content (AvgIpc) is 2.84. The quantitative estimate of drug-likeness (QED) is 0.153. The van der Waals surface area contributed by atoms with Gasteiger partial charge in [0.1, 0.15) is 0 Å². The molecule has 0 unspecified atom stereocenters. The van der Waals surface area contributed by atoms with Crippen molar-refractivity contribution in [1.82, 2.24) is 0 Å². The Morgan fingerprint density at radius 3 is 2.06 bits per heavy atom. The van der Waals surface area contributed by atoms with Gasteiger partial charge >= 0.3 is 5.97 Å². The number of unbranched alkanes of at least 4 members (excludes halogenated alkanes) is 2. The summed E-state index contributed by atoms with van der Waals surface area (Å²) in [5.74, 6) is -1.44. The van der Waals surface area contributed by atoms with Gasteiger partial charge in [-0.15, -0.1) is 0 Å². The predicted octanol–water partition coefficient (Wildman–Crippen LogP) is 8.02. The molecule has 0 bridgehead atoms. The summed E-state index contributed by atoms with van der Waals surface area (Å²) in [5, 5.41) is 0. The molecule has 0 radical (unpaired) electrons. The summed E-state index contributed by atoms with van der Waals surface area (Å²) in [6.07, 6.45) is 18.9. The van der Waals surface area contributed by atoms with Crippen molar-refractivity contribution in [3.63, 3.8) is 0 Å². The van der Waals surface area contributed by atoms with Crippen LogP contribution in [-0.4, -0.2) is 12.6 Å². The van der Waals surface area contributed by atoms with Gasteiger partial charge in [0.05, 0.1) is 12.5 Å². The van der Waals surface area contributed by atoms with Gasteiger partial charge < -0.3 is 9.47 Å². The van der Waals surface area contributed by atoms with Crippen LogP contribution in [0.25, 0.3) is 0 Å². The highest BCUT2D eigenvalue weighted by Crippen LogP contribution is 2.35. The summed E-state index contributed by atoms with van der Waals surface area (Å²) in [6, 6.07) is 2.55. The van der Waals surface area contributed by atoms with Crippen molar-refractivity contribution in [3.05, 3.63) is 35.9 Å². The van der Waals surface area contributed by atoms with Crippen molar-refractivity contribution < 1.29 is 23.0 Å². The van der Waals surface area contributed by atoms with E-state index in [9.17, 15) is 13.6 Å². The van der Waals surface area contributed by atoms with Gasteiger partial charge in [0.15, 0.2) is 11.5 Å². The van der Waals surface area contributed by atoms with E-state index >= 15 is 0 Å². The lowest BCUT2D eigenvalue weighted by atomic mass is 9.78. The van der Waals surface area contributed by atoms with E-state index < -0.39 is 17.6 Å². The van der Waals surface area contributed by atoms with E-state index in [1.807, 2.05) is 0 Å². The van der Waals surface area contributed by atoms with Crippen LogP contribution in [0.5, 0.6) is 11.5 Å². The highest BCUT2D eigenvalue weighted by molar-refractivity contribution is 5.75. The summed E-state index contributed by atoms with van der Waals surface area (Å²) in [4.78, 5) is 12.5. The average molecular weight is 463 g/mol.